The average molecular weight is 165 g/mol. The molecule has 0 N–H and O–H groups in total. The Labute approximate surface area is 78.8 Å². The summed E-state index contributed by atoms with van der Waals surface area (Å²) in [6.07, 6.45) is 10.4. The van der Waals surface area contributed by atoms with Gasteiger partial charge in [-0.05, 0) is 0 Å². The highest BCUT2D eigenvalue weighted by atomic mass is 16.1. The van der Waals surface area contributed by atoms with Crippen LogP contribution in [0.25, 0.3) is 0 Å². The summed E-state index contributed by atoms with van der Waals surface area (Å²) in [5, 5.41) is 0. The number of carbonyl (C=O) groups excluding carboxylic acids is 1. The van der Waals surface area contributed by atoms with Crippen molar-refractivity contribution in [3.63, 3.8) is 0 Å². The first-order chi connectivity index (χ1) is 6.38. The molecule has 0 spiro atoms. The predicted molar refractivity (Wildman–Crippen MR) is 47.0 cm³/mol. The Kier molecular flexibility index (Phi) is 2.44. The number of rotatable bonds is 2. The van der Waals surface area contributed by atoms with E-state index in [1.807, 2.05) is 18.2 Å². The van der Waals surface area contributed by atoms with E-state index in [1.165, 1.54) is 0 Å². The number of benzene rings is 1. The van der Waals surface area contributed by atoms with Gasteiger partial charge in [-0.1, -0.05) is 30.3 Å². The van der Waals surface area contributed by atoms with Crippen LogP contribution in [-0.2, 0) is 0 Å². The molecule has 13 heavy (non-hydrogen) atoms. The molecular weight excluding hydrogens is 160 g/mol. The van der Waals surface area contributed by atoms with Crippen molar-refractivity contribution in [2.75, 3.05) is 0 Å². The lowest BCUT2D eigenvalue weighted by Crippen LogP contribution is -2.09. The number of hydrogen-bond donors (Lipinski definition) is 0. The van der Waals surface area contributed by atoms with Gasteiger partial charge in [-0.2, -0.15) is 0 Å². The third-order valence-electron chi connectivity index (χ3n) is 1.70. The van der Waals surface area contributed by atoms with Crippen LogP contribution < -0.4 is 0 Å². The fraction of sp³-hybridized carbons (Fsp3) is 0. The molecule has 1 aliphatic rings. The van der Waals surface area contributed by atoms with Crippen molar-refractivity contribution >= 4 is 5.78 Å². The van der Waals surface area contributed by atoms with Crippen molar-refractivity contribution in [3.8, 4) is 0 Å². The highest BCUT2D eigenvalue weighted by molar-refractivity contribution is 6.09. The quantitative estimate of drug-likeness (QED) is 0.610. The molecule has 1 aromatic carbocycles. The second-order valence-electron chi connectivity index (χ2n) is 2.57. The van der Waals surface area contributed by atoms with Crippen molar-refractivity contribution in [1.82, 2.24) is 0 Å². The zero-order chi connectivity index (χ0) is 9.10. The molecule has 1 saturated carbocycles. The third kappa shape index (κ3) is 1.80. The molecule has 0 atom stereocenters. The second kappa shape index (κ2) is 3.73. The topological polar surface area (TPSA) is 17.1 Å². The Bertz CT molecular complexity index is 283. The molecule has 1 nitrogen and oxygen atoms in total. The summed E-state index contributed by atoms with van der Waals surface area (Å²) >= 11 is 0. The summed E-state index contributed by atoms with van der Waals surface area (Å²) in [5.74, 6) is 0.310. The number of carbonyl (C=O) groups is 1. The van der Waals surface area contributed by atoms with Crippen molar-refractivity contribution in [3.05, 3.63) is 67.5 Å². The van der Waals surface area contributed by atoms with Crippen molar-refractivity contribution < 1.29 is 4.79 Å². The molecule has 0 aromatic heterocycles. The molecule has 0 unspecified atom stereocenters. The highest BCUT2D eigenvalue weighted by Crippen LogP contribution is 2.26. The van der Waals surface area contributed by atoms with Crippen LogP contribution in [0.3, 0.4) is 0 Å². The van der Waals surface area contributed by atoms with Crippen LogP contribution >= 0.6 is 0 Å². The molecule has 1 heteroatoms. The molecule has 0 aliphatic heterocycles. The van der Waals surface area contributed by atoms with Gasteiger partial charge >= 0.3 is 0 Å². The first-order valence-corrected chi connectivity index (χ1v) is 3.86. The Morgan fingerprint density at radius 3 is 2.23 bits per heavy atom. The highest BCUT2D eigenvalue weighted by Gasteiger charge is 2.26. The largest absolute Gasteiger partial charge is 0.293 e. The molecule has 0 saturated heterocycles. The monoisotopic (exact) mass is 165 g/mol. The standard InChI is InChI=1S/C12H5O/c13-12(11-8-4-5-9-11)10-6-2-1-3-7-10/h1-3,6-7H. The lowest BCUT2D eigenvalue weighted by atomic mass is 9.96. The van der Waals surface area contributed by atoms with Gasteiger partial charge in [0.25, 0.3) is 0 Å². The third-order valence-corrected chi connectivity index (χ3v) is 1.70. The van der Waals surface area contributed by atoms with Gasteiger partial charge in [0.1, 0.15) is 0 Å². The van der Waals surface area contributed by atoms with Gasteiger partial charge in [0.2, 0.25) is 0 Å². The molecule has 9 radical (unpaired) electrons. The zero-order valence-corrected chi connectivity index (χ0v) is 6.79. The number of ketones is 1. The molecular formula is C12H5O. The van der Waals surface area contributed by atoms with E-state index in [-0.39, 0.29) is 5.78 Å². The molecule has 2 rings (SSSR count). The van der Waals surface area contributed by atoms with Gasteiger partial charge in [0.15, 0.2) is 5.78 Å². The summed E-state index contributed by atoms with van der Waals surface area (Å²) in [6, 6.07) is 9.04. The van der Waals surface area contributed by atoms with Crippen molar-refractivity contribution in [2.24, 2.45) is 0 Å². The van der Waals surface area contributed by atoms with Gasteiger partial charge in [-0.25, -0.2) is 0 Å². The number of Topliss-reactive ketones (excluding diaryl/α,β-unsaturated/α-hetero) is 1. The Hall–Kier alpha value is -1.11. The summed E-state index contributed by atoms with van der Waals surface area (Å²) in [7, 11) is 0. The van der Waals surface area contributed by atoms with Crippen LogP contribution in [0.5, 0.6) is 0 Å². The summed E-state index contributed by atoms with van der Waals surface area (Å²) in [5.41, 5.74) is 0.642. The predicted octanol–water partition coefficient (Wildman–Crippen LogP) is 1.78. The minimum atomic E-state index is -0.0851. The van der Waals surface area contributed by atoms with Gasteiger partial charge in [0.05, 0.1) is 5.92 Å². The van der Waals surface area contributed by atoms with Crippen LogP contribution in [-0.4, -0.2) is 5.78 Å². The normalized spacial score (nSPS) is 17.5. The molecule has 1 fully saturated rings. The lowest BCUT2D eigenvalue weighted by Gasteiger charge is -2.04. The van der Waals surface area contributed by atoms with E-state index >= 15 is 0 Å². The maximum absolute atomic E-state index is 11.6. The van der Waals surface area contributed by atoms with E-state index in [0.29, 0.717) is 11.5 Å². The molecule has 0 bridgehead atoms. The van der Waals surface area contributed by atoms with Crippen LogP contribution in [0, 0.1) is 31.6 Å². The maximum atomic E-state index is 11.6. The molecule has 0 heterocycles. The van der Waals surface area contributed by atoms with Crippen molar-refractivity contribution in [2.45, 2.75) is 0 Å². The van der Waals surface area contributed by atoms with Crippen LogP contribution in [0.15, 0.2) is 30.3 Å². The maximum Gasteiger partial charge on any atom is 0.171 e. The van der Waals surface area contributed by atoms with E-state index in [0.717, 1.165) is 0 Å². The van der Waals surface area contributed by atoms with Gasteiger partial charge in [-0.15, -0.1) is 0 Å². The minimum absolute atomic E-state index is 0.0851. The van der Waals surface area contributed by atoms with E-state index < -0.39 is 0 Å². The first kappa shape index (κ1) is 8.49. The molecule has 59 valence electrons. The van der Waals surface area contributed by atoms with E-state index in [9.17, 15) is 4.79 Å². The van der Waals surface area contributed by atoms with Crippen LogP contribution in [0.2, 0.25) is 0 Å². The van der Waals surface area contributed by atoms with Gasteiger partial charge in [0, 0.05) is 31.2 Å². The summed E-state index contributed by atoms with van der Waals surface area (Å²) < 4.78 is 0. The van der Waals surface area contributed by atoms with E-state index in [2.05, 4.69) is 25.7 Å². The first-order valence-electron chi connectivity index (χ1n) is 3.86. The summed E-state index contributed by atoms with van der Waals surface area (Å²) in [6.45, 7) is 0. The Morgan fingerprint density at radius 2 is 1.62 bits per heavy atom. The Balaban J connectivity index is 2.13. The lowest BCUT2D eigenvalue weighted by molar-refractivity contribution is 0.101. The van der Waals surface area contributed by atoms with Gasteiger partial charge < -0.3 is 0 Å². The minimum Gasteiger partial charge on any atom is -0.293 e. The molecule has 1 aromatic rings. The fourth-order valence-corrected chi connectivity index (χ4v) is 1.07. The molecule has 0 amide bonds. The van der Waals surface area contributed by atoms with E-state index in [1.54, 1.807) is 12.1 Å². The van der Waals surface area contributed by atoms with Gasteiger partial charge in [-0.3, -0.25) is 4.79 Å². The fourth-order valence-electron chi connectivity index (χ4n) is 1.07. The van der Waals surface area contributed by atoms with Crippen molar-refractivity contribution in [1.29, 1.82) is 0 Å². The Morgan fingerprint density at radius 1 is 1.00 bits per heavy atom. The molecule has 1 aliphatic carbocycles. The van der Waals surface area contributed by atoms with Crippen LogP contribution in [0.4, 0.5) is 0 Å². The van der Waals surface area contributed by atoms with Crippen LogP contribution in [0.1, 0.15) is 10.4 Å². The zero-order valence-electron chi connectivity index (χ0n) is 6.79. The summed E-state index contributed by atoms with van der Waals surface area (Å²) in [4.78, 5) is 11.6. The smallest absolute Gasteiger partial charge is 0.171 e. The average Bonchev–Trinajstić information content (AvgIpc) is 2.71. The second-order valence-corrected chi connectivity index (χ2v) is 2.57. The SMILES string of the molecule is O=C([C]1[C][C][C][C]1)c1ccccc1. The number of hydrogen-bond acceptors (Lipinski definition) is 1. The van der Waals surface area contributed by atoms with E-state index in [4.69, 9.17) is 0 Å².